The van der Waals surface area contributed by atoms with Gasteiger partial charge in [0.2, 0.25) is 0 Å². The van der Waals surface area contributed by atoms with Crippen molar-refractivity contribution in [3.8, 4) is 0 Å². The molecular formula is C26H22F2N4O3. The highest BCUT2D eigenvalue weighted by Gasteiger charge is 2.24. The van der Waals surface area contributed by atoms with Gasteiger partial charge in [-0.15, -0.1) is 0 Å². The summed E-state index contributed by atoms with van der Waals surface area (Å²) in [6.07, 6.45) is 2.83. The number of fused-ring (bicyclic) bond motifs is 1. The van der Waals surface area contributed by atoms with Crippen LogP contribution in [-0.4, -0.2) is 42.2 Å². The Bertz CT molecular complexity index is 1430. The lowest BCUT2D eigenvalue weighted by atomic mass is 9.97. The lowest BCUT2D eigenvalue weighted by Crippen LogP contribution is -2.37. The van der Waals surface area contributed by atoms with Gasteiger partial charge in [-0.25, -0.2) is 13.8 Å². The molecule has 3 heterocycles. The van der Waals surface area contributed by atoms with E-state index in [0.29, 0.717) is 31.8 Å². The smallest absolute Gasteiger partial charge is 0.253 e. The number of aromatic nitrogens is 2. The molecule has 1 unspecified atom stereocenters. The minimum absolute atomic E-state index is 0.125. The number of carbonyl (C=O) groups excluding carboxylic acids is 1. The number of hydrogen-bond donors (Lipinski definition) is 2. The van der Waals surface area contributed by atoms with Gasteiger partial charge in [0.1, 0.15) is 17.5 Å². The van der Waals surface area contributed by atoms with Gasteiger partial charge in [-0.1, -0.05) is 18.2 Å². The molecule has 1 fully saturated rings. The Morgan fingerprint density at radius 1 is 1.06 bits per heavy atom. The van der Waals surface area contributed by atoms with Gasteiger partial charge in [0.15, 0.2) is 5.43 Å². The van der Waals surface area contributed by atoms with E-state index < -0.39 is 29.0 Å². The number of nitrogens with one attached hydrogen (secondary N) is 2. The van der Waals surface area contributed by atoms with Crippen molar-refractivity contribution in [2.45, 2.75) is 6.04 Å². The monoisotopic (exact) mass is 476 g/mol. The van der Waals surface area contributed by atoms with Gasteiger partial charge in [0.05, 0.1) is 30.3 Å². The SMILES string of the molecule is O=C(NC(c1ccccc1F)c1c[nH]c2cc(F)ccc2c1=O)c1ccc(N2CCOCC2)nc1. The van der Waals surface area contributed by atoms with Crippen LogP contribution < -0.4 is 15.6 Å². The predicted octanol–water partition coefficient (Wildman–Crippen LogP) is 3.56. The first kappa shape index (κ1) is 22.7. The molecule has 1 aliphatic heterocycles. The molecule has 9 heteroatoms. The third-order valence-electron chi connectivity index (χ3n) is 6.02. The van der Waals surface area contributed by atoms with E-state index in [9.17, 15) is 18.4 Å². The summed E-state index contributed by atoms with van der Waals surface area (Å²) < 4.78 is 33.8. The van der Waals surface area contributed by atoms with Gasteiger partial charge < -0.3 is 19.9 Å². The fraction of sp³-hybridized carbons (Fsp3) is 0.192. The van der Waals surface area contributed by atoms with Gasteiger partial charge in [0.25, 0.3) is 5.91 Å². The van der Waals surface area contributed by atoms with Gasteiger partial charge in [-0.2, -0.15) is 0 Å². The number of morpholine rings is 1. The number of ether oxygens (including phenoxy) is 1. The summed E-state index contributed by atoms with van der Waals surface area (Å²) in [4.78, 5) is 35.7. The van der Waals surface area contributed by atoms with Crippen LogP contribution in [0.5, 0.6) is 0 Å². The summed E-state index contributed by atoms with van der Waals surface area (Å²) in [6, 6.07) is 12.0. The lowest BCUT2D eigenvalue weighted by Gasteiger charge is -2.27. The highest BCUT2D eigenvalue weighted by atomic mass is 19.1. The summed E-state index contributed by atoms with van der Waals surface area (Å²) in [5.41, 5.74) is 0.391. The normalized spacial score (nSPS) is 14.6. The molecule has 0 saturated carbocycles. The number of anilines is 1. The van der Waals surface area contributed by atoms with E-state index >= 15 is 0 Å². The van der Waals surface area contributed by atoms with E-state index in [1.54, 1.807) is 18.2 Å². The molecule has 2 aromatic heterocycles. The average molecular weight is 476 g/mol. The molecule has 4 aromatic rings. The van der Waals surface area contributed by atoms with Crippen molar-refractivity contribution in [1.29, 1.82) is 0 Å². The first-order valence-corrected chi connectivity index (χ1v) is 11.2. The zero-order chi connectivity index (χ0) is 24.4. The first-order chi connectivity index (χ1) is 17.0. The zero-order valence-corrected chi connectivity index (χ0v) is 18.6. The molecule has 1 amide bonds. The Hall–Kier alpha value is -4.11. The predicted molar refractivity (Wildman–Crippen MR) is 128 cm³/mol. The summed E-state index contributed by atoms with van der Waals surface area (Å²) >= 11 is 0. The van der Waals surface area contributed by atoms with Gasteiger partial charge >= 0.3 is 0 Å². The molecule has 0 bridgehead atoms. The summed E-state index contributed by atoms with van der Waals surface area (Å²) in [6.45, 7) is 2.65. The number of H-pyrrole nitrogens is 1. The Balaban J connectivity index is 1.49. The number of pyridine rings is 2. The number of aromatic amines is 1. The van der Waals surface area contributed by atoms with Crippen molar-refractivity contribution in [3.05, 3.63) is 106 Å². The van der Waals surface area contributed by atoms with E-state index in [-0.39, 0.29) is 22.1 Å². The number of amides is 1. The maximum atomic E-state index is 14.8. The van der Waals surface area contributed by atoms with Crippen LogP contribution in [0.4, 0.5) is 14.6 Å². The third-order valence-corrected chi connectivity index (χ3v) is 6.02. The zero-order valence-electron chi connectivity index (χ0n) is 18.6. The van der Waals surface area contributed by atoms with Crippen molar-refractivity contribution in [3.63, 3.8) is 0 Å². The van der Waals surface area contributed by atoms with E-state index in [4.69, 9.17) is 4.74 Å². The quantitative estimate of drug-likeness (QED) is 0.460. The minimum atomic E-state index is -1.08. The number of rotatable bonds is 5. The minimum Gasteiger partial charge on any atom is -0.378 e. The molecule has 2 aromatic carbocycles. The molecule has 7 nitrogen and oxygen atoms in total. The lowest BCUT2D eigenvalue weighted by molar-refractivity contribution is 0.0942. The highest BCUT2D eigenvalue weighted by Crippen LogP contribution is 2.24. The van der Waals surface area contributed by atoms with E-state index in [1.165, 1.54) is 48.8 Å². The molecule has 1 aliphatic rings. The number of benzene rings is 2. The molecule has 2 N–H and O–H groups in total. The van der Waals surface area contributed by atoms with Crippen LogP contribution in [0.15, 0.2) is 71.8 Å². The third kappa shape index (κ3) is 4.63. The number of hydrogen-bond acceptors (Lipinski definition) is 5. The van der Waals surface area contributed by atoms with E-state index in [2.05, 4.69) is 20.2 Å². The molecule has 1 atom stereocenters. The van der Waals surface area contributed by atoms with Crippen LogP contribution in [0.3, 0.4) is 0 Å². The fourth-order valence-corrected chi connectivity index (χ4v) is 4.17. The van der Waals surface area contributed by atoms with Gasteiger partial charge in [0, 0.05) is 42.0 Å². The second-order valence-electron chi connectivity index (χ2n) is 8.20. The molecule has 1 saturated heterocycles. The van der Waals surface area contributed by atoms with Crippen molar-refractivity contribution in [2.24, 2.45) is 0 Å². The fourth-order valence-electron chi connectivity index (χ4n) is 4.17. The Morgan fingerprint density at radius 2 is 1.86 bits per heavy atom. The largest absolute Gasteiger partial charge is 0.378 e. The van der Waals surface area contributed by atoms with Crippen LogP contribution in [0.1, 0.15) is 27.5 Å². The van der Waals surface area contributed by atoms with Crippen molar-refractivity contribution >= 4 is 22.6 Å². The van der Waals surface area contributed by atoms with Gasteiger partial charge in [-0.05, 0) is 36.4 Å². The van der Waals surface area contributed by atoms with E-state index in [0.717, 1.165) is 5.82 Å². The van der Waals surface area contributed by atoms with Crippen molar-refractivity contribution < 1.29 is 18.3 Å². The van der Waals surface area contributed by atoms with Crippen LogP contribution in [0, 0.1) is 11.6 Å². The molecule has 178 valence electrons. The number of nitrogens with zero attached hydrogens (tertiary/aromatic N) is 2. The second-order valence-corrected chi connectivity index (χ2v) is 8.20. The summed E-state index contributed by atoms with van der Waals surface area (Å²) in [5.74, 6) is -0.850. The summed E-state index contributed by atoms with van der Waals surface area (Å²) in [5, 5.41) is 3.01. The second kappa shape index (κ2) is 9.63. The highest BCUT2D eigenvalue weighted by molar-refractivity contribution is 5.94. The summed E-state index contributed by atoms with van der Waals surface area (Å²) in [7, 11) is 0. The Morgan fingerprint density at radius 3 is 2.60 bits per heavy atom. The van der Waals surface area contributed by atoms with Crippen LogP contribution >= 0.6 is 0 Å². The average Bonchev–Trinajstić information content (AvgIpc) is 2.89. The maximum Gasteiger partial charge on any atom is 0.253 e. The van der Waals surface area contributed by atoms with Gasteiger partial charge in [-0.3, -0.25) is 9.59 Å². The van der Waals surface area contributed by atoms with Crippen LogP contribution in [0.25, 0.3) is 10.9 Å². The number of halogens is 2. The Kier molecular flexibility index (Phi) is 6.24. The van der Waals surface area contributed by atoms with Crippen molar-refractivity contribution in [2.75, 3.05) is 31.2 Å². The standard InChI is InChI=1S/C26H22F2N4O3/c27-17-6-7-19-22(13-17)29-15-20(25(19)33)24(18-3-1-2-4-21(18)28)31-26(34)16-5-8-23(30-14-16)32-9-11-35-12-10-32/h1-8,13-15,24H,9-12H2,(H,29,33)(H,31,34). The van der Waals surface area contributed by atoms with Crippen molar-refractivity contribution in [1.82, 2.24) is 15.3 Å². The maximum absolute atomic E-state index is 14.8. The molecule has 5 rings (SSSR count). The Labute approximate surface area is 199 Å². The van der Waals surface area contributed by atoms with Crippen LogP contribution in [-0.2, 0) is 4.74 Å². The topological polar surface area (TPSA) is 87.3 Å². The molecular weight excluding hydrogens is 454 g/mol. The molecule has 0 aliphatic carbocycles. The van der Waals surface area contributed by atoms with E-state index in [1.807, 2.05) is 0 Å². The molecule has 0 radical (unpaired) electrons. The van der Waals surface area contributed by atoms with Crippen LogP contribution in [0.2, 0.25) is 0 Å². The number of carbonyl (C=O) groups is 1. The molecule has 35 heavy (non-hydrogen) atoms. The first-order valence-electron chi connectivity index (χ1n) is 11.2. The molecule has 0 spiro atoms.